The van der Waals surface area contributed by atoms with Crippen molar-refractivity contribution in [3.8, 4) is 0 Å². The molecule has 0 unspecified atom stereocenters. The van der Waals surface area contributed by atoms with Crippen LogP contribution in [0.5, 0.6) is 0 Å². The molecule has 1 saturated heterocycles. The van der Waals surface area contributed by atoms with Crippen LogP contribution in [-0.2, 0) is 27.6 Å². The van der Waals surface area contributed by atoms with Gasteiger partial charge in [0.25, 0.3) is 0 Å². The van der Waals surface area contributed by atoms with Crippen LogP contribution < -0.4 is 5.32 Å². The molecule has 2 heterocycles. The number of nitrogens with zero attached hydrogens (tertiary/aromatic N) is 2. The molecule has 1 amide bonds. The average Bonchev–Trinajstić information content (AvgIpc) is 2.99. The third kappa shape index (κ3) is 4.43. The smallest absolute Gasteiger partial charge is 0.238 e. The highest BCUT2D eigenvalue weighted by atomic mass is 32.2. The van der Waals surface area contributed by atoms with Gasteiger partial charge in [0.2, 0.25) is 5.91 Å². The van der Waals surface area contributed by atoms with Crippen molar-refractivity contribution in [1.82, 2.24) is 9.80 Å². The second-order valence-electron chi connectivity index (χ2n) is 7.48. The molecule has 0 aliphatic carbocycles. The zero-order valence-electron chi connectivity index (χ0n) is 15.8. The number of anilines is 1. The number of sulfone groups is 1. The van der Waals surface area contributed by atoms with Gasteiger partial charge in [-0.15, -0.1) is 0 Å². The van der Waals surface area contributed by atoms with E-state index in [1.807, 2.05) is 6.07 Å². The summed E-state index contributed by atoms with van der Waals surface area (Å²) in [4.78, 5) is 17.3. The molecular weight excluding hydrogens is 374 g/mol. The molecule has 0 radical (unpaired) electrons. The largest absolute Gasteiger partial charge is 0.325 e. The van der Waals surface area contributed by atoms with Gasteiger partial charge in [0.05, 0.1) is 17.2 Å². The van der Waals surface area contributed by atoms with Gasteiger partial charge in [-0.2, -0.15) is 0 Å². The molecular formula is C21H25N3O3S. The number of aryl methyl sites for hydroxylation is 1. The summed E-state index contributed by atoms with van der Waals surface area (Å²) in [5, 5.41) is 2.85. The van der Waals surface area contributed by atoms with Crippen LogP contribution in [0.2, 0.25) is 0 Å². The lowest BCUT2D eigenvalue weighted by molar-refractivity contribution is -0.117. The lowest BCUT2D eigenvalue weighted by Crippen LogP contribution is -2.48. The number of piperazine rings is 1. The Labute approximate surface area is 166 Å². The minimum atomic E-state index is -3.19. The Kier molecular flexibility index (Phi) is 5.48. The summed E-state index contributed by atoms with van der Waals surface area (Å²) in [5.41, 5.74) is 2.70. The molecule has 0 spiro atoms. The molecule has 1 N–H and O–H groups in total. The highest BCUT2D eigenvalue weighted by molar-refractivity contribution is 7.91. The molecule has 2 aromatic rings. The van der Waals surface area contributed by atoms with E-state index in [1.165, 1.54) is 5.56 Å². The minimum absolute atomic E-state index is 0.105. The van der Waals surface area contributed by atoms with Crippen molar-refractivity contribution in [3.05, 3.63) is 59.7 Å². The molecule has 0 saturated carbocycles. The summed E-state index contributed by atoms with van der Waals surface area (Å²) < 4.78 is 24.1. The van der Waals surface area contributed by atoms with Gasteiger partial charge >= 0.3 is 0 Å². The van der Waals surface area contributed by atoms with Crippen molar-refractivity contribution >= 4 is 21.4 Å². The van der Waals surface area contributed by atoms with Gasteiger partial charge in [-0.05, 0) is 29.7 Å². The number of fused-ring (bicyclic) bond motifs is 1. The molecule has 0 atom stereocenters. The Balaban J connectivity index is 1.27. The van der Waals surface area contributed by atoms with Crippen molar-refractivity contribution in [2.24, 2.45) is 0 Å². The number of amides is 1. The van der Waals surface area contributed by atoms with Gasteiger partial charge in [0.1, 0.15) is 0 Å². The standard InChI is InChI=1S/C21H25N3O3S/c25-21(22-19-7-6-18-8-13-28(26,27)20(18)14-19)16-24-11-9-23(10-12-24)15-17-4-2-1-3-5-17/h1-7,14H,8-13,15-16H2,(H,22,25). The number of carbonyl (C=O) groups excluding carboxylic acids is 1. The van der Waals surface area contributed by atoms with Crippen molar-refractivity contribution < 1.29 is 13.2 Å². The Morgan fingerprint density at radius 2 is 1.68 bits per heavy atom. The summed E-state index contributed by atoms with van der Waals surface area (Å²) in [6.07, 6.45) is 0.555. The topological polar surface area (TPSA) is 69.7 Å². The number of hydrogen-bond donors (Lipinski definition) is 1. The Morgan fingerprint density at radius 1 is 0.964 bits per heavy atom. The maximum Gasteiger partial charge on any atom is 0.238 e. The molecule has 2 aliphatic heterocycles. The highest BCUT2D eigenvalue weighted by Crippen LogP contribution is 2.28. The van der Waals surface area contributed by atoms with E-state index in [-0.39, 0.29) is 11.7 Å². The first kappa shape index (κ1) is 19.1. The predicted molar refractivity (Wildman–Crippen MR) is 109 cm³/mol. The maximum absolute atomic E-state index is 12.4. The summed E-state index contributed by atoms with van der Waals surface area (Å²) >= 11 is 0. The molecule has 0 bridgehead atoms. The third-order valence-electron chi connectivity index (χ3n) is 5.41. The maximum atomic E-state index is 12.4. The molecule has 1 fully saturated rings. The van der Waals surface area contributed by atoms with E-state index in [2.05, 4.69) is 39.4 Å². The zero-order chi connectivity index (χ0) is 19.6. The van der Waals surface area contributed by atoms with Crippen LogP contribution in [0, 0.1) is 0 Å². The van der Waals surface area contributed by atoms with Crippen LogP contribution in [0.15, 0.2) is 53.4 Å². The zero-order valence-corrected chi connectivity index (χ0v) is 16.6. The van der Waals surface area contributed by atoms with E-state index in [1.54, 1.807) is 18.2 Å². The van der Waals surface area contributed by atoms with Crippen LogP contribution in [0.3, 0.4) is 0 Å². The molecule has 4 rings (SSSR count). The molecule has 2 aliphatic rings. The van der Waals surface area contributed by atoms with E-state index in [9.17, 15) is 13.2 Å². The van der Waals surface area contributed by atoms with Gasteiger partial charge in [-0.3, -0.25) is 14.6 Å². The lowest BCUT2D eigenvalue weighted by atomic mass is 10.1. The predicted octanol–water partition coefficient (Wildman–Crippen LogP) is 1.77. The van der Waals surface area contributed by atoms with Gasteiger partial charge in [0, 0.05) is 38.4 Å². The van der Waals surface area contributed by atoms with Crippen LogP contribution in [0.4, 0.5) is 5.69 Å². The van der Waals surface area contributed by atoms with E-state index in [4.69, 9.17) is 0 Å². The molecule has 2 aromatic carbocycles. The van der Waals surface area contributed by atoms with Crippen molar-refractivity contribution in [1.29, 1.82) is 0 Å². The van der Waals surface area contributed by atoms with Crippen molar-refractivity contribution in [3.63, 3.8) is 0 Å². The fourth-order valence-electron chi connectivity index (χ4n) is 3.83. The van der Waals surface area contributed by atoms with Crippen LogP contribution in [-0.4, -0.2) is 62.6 Å². The first-order valence-corrected chi connectivity index (χ1v) is 11.3. The first-order chi connectivity index (χ1) is 13.5. The number of carbonyl (C=O) groups is 1. The van der Waals surface area contributed by atoms with E-state index < -0.39 is 9.84 Å². The van der Waals surface area contributed by atoms with Gasteiger partial charge in [-0.1, -0.05) is 36.4 Å². The van der Waals surface area contributed by atoms with E-state index in [0.717, 1.165) is 38.3 Å². The Bertz CT molecular complexity index is 952. The van der Waals surface area contributed by atoms with Gasteiger partial charge < -0.3 is 5.32 Å². The second-order valence-corrected chi connectivity index (χ2v) is 9.56. The SMILES string of the molecule is O=C(CN1CCN(Cc2ccccc2)CC1)Nc1ccc2c(c1)S(=O)(=O)CC2. The summed E-state index contributed by atoms with van der Waals surface area (Å²) in [5.74, 6) is 0.0550. The summed E-state index contributed by atoms with van der Waals surface area (Å²) in [6.45, 7) is 4.81. The summed E-state index contributed by atoms with van der Waals surface area (Å²) in [7, 11) is -3.19. The van der Waals surface area contributed by atoms with Crippen LogP contribution in [0.1, 0.15) is 11.1 Å². The highest BCUT2D eigenvalue weighted by Gasteiger charge is 2.26. The minimum Gasteiger partial charge on any atom is -0.325 e. The third-order valence-corrected chi connectivity index (χ3v) is 7.20. The molecule has 28 heavy (non-hydrogen) atoms. The fraction of sp³-hybridized carbons (Fsp3) is 0.381. The molecule has 7 heteroatoms. The van der Waals surface area contributed by atoms with Gasteiger partial charge in [0.15, 0.2) is 9.84 Å². The Morgan fingerprint density at radius 3 is 2.43 bits per heavy atom. The molecule has 0 aromatic heterocycles. The molecule has 148 valence electrons. The van der Waals surface area contributed by atoms with E-state index in [0.29, 0.717) is 23.5 Å². The first-order valence-electron chi connectivity index (χ1n) is 9.64. The number of benzene rings is 2. The van der Waals surface area contributed by atoms with Crippen molar-refractivity contribution in [2.45, 2.75) is 17.9 Å². The Hall–Kier alpha value is -2.22. The molecule has 6 nitrogen and oxygen atoms in total. The summed E-state index contributed by atoms with van der Waals surface area (Å²) in [6, 6.07) is 15.6. The number of nitrogens with one attached hydrogen (secondary N) is 1. The van der Waals surface area contributed by atoms with Crippen LogP contribution >= 0.6 is 0 Å². The second kappa shape index (κ2) is 8.03. The fourth-order valence-corrected chi connectivity index (χ4v) is 5.42. The lowest BCUT2D eigenvalue weighted by Gasteiger charge is -2.34. The number of rotatable bonds is 5. The normalized spacial score (nSPS) is 19.3. The monoisotopic (exact) mass is 399 g/mol. The average molecular weight is 400 g/mol. The van der Waals surface area contributed by atoms with Crippen LogP contribution in [0.25, 0.3) is 0 Å². The quantitative estimate of drug-likeness (QED) is 0.830. The van der Waals surface area contributed by atoms with Gasteiger partial charge in [-0.25, -0.2) is 8.42 Å². The van der Waals surface area contributed by atoms with E-state index >= 15 is 0 Å². The van der Waals surface area contributed by atoms with Crippen molar-refractivity contribution in [2.75, 3.05) is 43.8 Å². The number of hydrogen-bond acceptors (Lipinski definition) is 5.